The summed E-state index contributed by atoms with van der Waals surface area (Å²) >= 11 is 3.37. The van der Waals surface area contributed by atoms with E-state index in [0.717, 1.165) is 21.4 Å². The number of amides is 1. The van der Waals surface area contributed by atoms with Crippen LogP contribution in [-0.2, 0) is 4.79 Å². The Hall–Kier alpha value is -1.81. The van der Waals surface area contributed by atoms with Crippen LogP contribution in [0.5, 0.6) is 0 Å². The topological polar surface area (TPSA) is 41.1 Å². The predicted molar refractivity (Wildman–Crippen MR) is 91.8 cm³/mol. The van der Waals surface area contributed by atoms with E-state index >= 15 is 0 Å². The minimum absolute atomic E-state index is 0.0581. The second-order valence-electron chi connectivity index (χ2n) is 5.18. The minimum atomic E-state index is -0.310. The monoisotopic (exact) mass is 346 g/mol. The van der Waals surface area contributed by atoms with Crippen molar-refractivity contribution < 1.29 is 4.79 Å². The molecule has 2 rings (SSSR count). The quantitative estimate of drug-likeness (QED) is 0.855. The van der Waals surface area contributed by atoms with Crippen LogP contribution in [0.2, 0.25) is 0 Å². The van der Waals surface area contributed by atoms with Gasteiger partial charge < -0.3 is 10.6 Å². The molecule has 0 aliphatic heterocycles. The van der Waals surface area contributed by atoms with Gasteiger partial charge in [0.2, 0.25) is 5.91 Å². The summed E-state index contributed by atoms with van der Waals surface area (Å²) in [7, 11) is 0. The van der Waals surface area contributed by atoms with Gasteiger partial charge in [-0.1, -0.05) is 33.6 Å². The molecule has 0 bridgehead atoms. The molecule has 0 aromatic heterocycles. The molecule has 2 aromatic rings. The average Bonchev–Trinajstić information content (AvgIpc) is 2.44. The fourth-order valence-corrected chi connectivity index (χ4v) is 2.32. The number of carbonyl (C=O) groups excluding carboxylic acids is 1. The molecule has 0 fully saturated rings. The van der Waals surface area contributed by atoms with Crippen molar-refractivity contribution in [2.24, 2.45) is 0 Å². The second-order valence-corrected chi connectivity index (χ2v) is 6.10. The van der Waals surface area contributed by atoms with Gasteiger partial charge in [0.05, 0.1) is 0 Å². The van der Waals surface area contributed by atoms with Gasteiger partial charge in [-0.25, -0.2) is 0 Å². The van der Waals surface area contributed by atoms with Crippen LogP contribution in [-0.4, -0.2) is 11.9 Å². The van der Waals surface area contributed by atoms with E-state index in [9.17, 15) is 4.79 Å². The largest absolute Gasteiger partial charge is 0.374 e. The third-order valence-electron chi connectivity index (χ3n) is 3.26. The number of halogens is 1. The number of aryl methyl sites for hydroxylation is 2. The first-order valence-corrected chi connectivity index (χ1v) is 7.65. The van der Waals surface area contributed by atoms with Crippen molar-refractivity contribution >= 4 is 33.2 Å². The van der Waals surface area contributed by atoms with E-state index < -0.39 is 0 Å². The first-order valence-electron chi connectivity index (χ1n) is 6.86. The molecule has 1 amide bonds. The van der Waals surface area contributed by atoms with Crippen molar-refractivity contribution in [3.63, 3.8) is 0 Å². The number of nitrogens with one attached hydrogen (secondary N) is 2. The third kappa shape index (κ3) is 4.33. The molecule has 0 spiro atoms. The summed E-state index contributed by atoms with van der Waals surface area (Å²) in [4.78, 5) is 12.2. The molecule has 2 N–H and O–H groups in total. The highest BCUT2D eigenvalue weighted by atomic mass is 79.9. The van der Waals surface area contributed by atoms with Gasteiger partial charge in [0.15, 0.2) is 0 Å². The number of hydrogen-bond acceptors (Lipinski definition) is 2. The van der Waals surface area contributed by atoms with Crippen molar-refractivity contribution in [3.05, 3.63) is 58.1 Å². The standard InChI is InChI=1S/C17H19BrN2O/c1-11-4-9-16(12(2)10-11)19-13(3)17(21)20-15-7-5-14(18)6-8-15/h4-10,13,19H,1-3H3,(H,20,21)/t13-/m1/s1. The lowest BCUT2D eigenvalue weighted by Crippen LogP contribution is -2.32. The van der Waals surface area contributed by atoms with Crippen molar-refractivity contribution in [1.82, 2.24) is 0 Å². The Morgan fingerprint density at radius 3 is 2.38 bits per heavy atom. The molecule has 21 heavy (non-hydrogen) atoms. The summed E-state index contributed by atoms with van der Waals surface area (Å²) in [5.41, 5.74) is 4.12. The van der Waals surface area contributed by atoms with Gasteiger partial charge in [-0.3, -0.25) is 4.79 Å². The van der Waals surface area contributed by atoms with Gasteiger partial charge in [0.1, 0.15) is 6.04 Å². The maximum absolute atomic E-state index is 12.2. The molecule has 4 heteroatoms. The smallest absolute Gasteiger partial charge is 0.246 e. The van der Waals surface area contributed by atoms with Crippen LogP contribution >= 0.6 is 15.9 Å². The van der Waals surface area contributed by atoms with Crippen molar-refractivity contribution in [2.45, 2.75) is 26.8 Å². The van der Waals surface area contributed by atoms with E-state index in [1.54, 1.807) is 0 Å². The molecule has 0 unspecified atom stereocenters. The zero-order valence-electron chi connectivity index (χ0n) is 12.4. The van der Waals surface area contributed by atoms with Crippen molar-refractivity contribution in [2.75, 3.05) is 10.6 Å². The Morgan fingerprint density at radius 2 is 1.76 bits per heavy atom. The van der Waals surface area contributed by atoms with Crippen LogP contribution in [0.25, 0.3) is 0 Å². The molecule has 2 aromatic carbocycles. The van der Waals surface area contributed by atoms with E-state index in [-0.39, 0.29) is 11.9 Å². The van der Waals surface area contributed by atoms with Crippen LogP contribution in [0.4, 0.5) is 11.4 Å². The lowest BCUT2D eigenvalue weighted by molar-refractivity contribution is -0.116. The van der Waals surface area contributed by atoms with Gasteiger partial charge in [0.25, 0.3) is 0 Å². The van der Waals surface area contributed by atoms with Gasteiger partial charge in [-0.05, 0) is 56.7 Å². The fourth-order valence-electron chi connectivity index (χ4n) is 2.06. The van der Waals surface area contributed by atoms with Crippen LogP contribution in [0.1, 0.15) is 18.1 Å². The van der Waals surface area contributed by atoms with Crippen molar-refractivity contribution in [1.29, 1.82) is 0 Å². The molecule has 110 valence electrons. The maximum atomic E-state index is 12.2. The summed E-state index contributed by atoms with van der Waals surface area (Å²) < 4.78 is 0.988. The zero-order chi connectivity index (χ0) is 15.4. The molecule has 0 aliphatic rings. The van der Waals surface area contributed by atoms with Crippen LogP contribution in [0.15, 0.2) is 46.9 Å². The highest BCUT2D eigenvalue weighted by molar-refractivity contribution is 9.10. The van der Waals surface area contributed by atoms with Crippen LogP contribution in [0, 0.1) is 13.8 Å². The Bertz CT molecular complexity index is 638. The Balaban J connectivity index is 2.00. The molecule has 0 heterocycles. The lowest BCUT2D eigenvalue weighted by atomic mass is 10.1. The van der Waals surface area contributed by atoms with Crippen LogP contribution in [0.3, 0.4) is 0 Å². The zero-order valence-corrected chi connectivity index (χ0v) is 14.0. The third-order valence-corrected chi connectivity index (χ3v) is 3.79. The number of rotatable bonds is 4. The number of hydrogen-bond donors (Lipinski definition) is 2. The average molecular weight is 347 g/mol. The van der Waals surface area contributed by atoms with E-state index in [1.807, 2.05) is 50.2 Å². The molecular weight excluding hydrogens is 328 g/mol. The Morgan fingerprint density at radius 1 is 1.10 bits per heavy atom. The fraction of sp³-hybridized carbons (Fsp3) is 0.235. The summed E-state index contributed by atoms with van der Waals surface area (Å²) in [5, 5.41) is 6.15. The van der Waals surface area contributed by atoms with E-state index in [0.29, 0.717) is 0 Å². The van der Waals surface area contributed by atoms with Gasteiger partial charge in [-0.2, -0.15) is 0 Å². The highest BCUT2D eigenvalue weighted by Gasteiger charge is 2.13. The van der Waals surface area contributed by atoms with Crippen LogP contribution < -0.4 is 10.6 Å². The van der Waals surface area contributed by atoms with Gasteiger partial charge in [0, 0.05) is 15.8 Å². The number of anilines is 2. The molecule has 1 atom stereocenters. The van der Waals surface area contributed by atoms with Gasteiger partial charge in [-0.15, -0.1) is 0 Å². The summed E-state index contributed by atoms with van der Waals surface area (Å²) in [6.45, 7) is 5.95. The minimum Gasteiger partial charge on any atom is -0.374 e. The molecule has 0 radical (unpaired) electrons. The predicted octanol–water partition coefficient (Wildman–Crippen LogP) is 4.51. The molecule has 3 nitrogen and oxygen atoms in total. The number of carbonyl (C=O) groups is 1. The first kappa shape index (κ1) is 15.6. The van der Waals surface area contributed by atoms with Crippen molar-refractivity contribution in [3.8, 4) is 0 Å². The lowest BCUT2D eigenvalue weighted by Gasteiger charge is -2.17. The summed E-state index contributed by atoms with van der Waals surface area (Å²) in [6, 6.07) is 13.4. The molecule has 0 saturated carbocycles. The summed E-state index contributed by atoms with van der Waals surface area (Å²) in [6.07, 6.45) is 0. The van der Waals surface area contributed by atoms with Gasteiger partial charge >= 0.3 is 0 Å². The molecule has 0 aliphatic carbocycles. The number of benzene rings is 2. The Labute approximate surface area is 133 Å². The first-order chi connectivity index (χ1) is 9.95. The van der Waals surface area contributed by atoms with E-state index in [4.69, 9.17) is 0 Å². The molecule has 0 saturated heterocycles. The molecular formula is C17H19BrN2O. The van der Waals surface area contributed by atoms with E-state index in [1.165, 1.54) is 5.56 Å². The summed E-state index contributed by atoms with van der Waals surface area (Å²) in [5.74, 6) is -0.0581. The highest BCUT2D eigenvalue weighted by Crippen LogP contribution is 2.18. The Kier molecular flexibility index (Phi) is 5.02. The van der Waals surface area contributed by atoms with E-state index in [2.05, 4.69) is 39.6 Å². The maximum Gasteiger partial charge on any atom is 0.246 e. The SMILES string of the molecule is Cc1ccc(N[C@H](C)C(=O)Nc2ccc(Br)cc2)c(C)c1. The normalized spacial score (nSPS) is 11.8. The second kappa shape index (κ2) is 6.76.